The van der Waals surface area contributed by atoms with Crippen LogP contribution in [-0.2, 0) is 4.74 Å². The summed E-state index contributed by atoms with van der Waals surface area (Å²) in [5.74, 6) is -0.666. The maximum Gasteiger partial charge on any atom is 0.339 e. The molecule has 0 aliphatic carbocycles. The third kappa shape index (κ3) is 4.27. The topological polar surface area (TPSA) is 59.4 Å². The first-order valence-electron chi connectivity index (χ1n) is 11.9. The predicted molar refractivity (Wildman–Crippen MR) is 146 cm³/mol. The number of hydrogen-bond donors (Lipinski definition) is 1. The van der Waals surface area contributed by atoms with Crippen LogP contribution >= 0.6 is 12.2 Å². The van der Waals surface area contributed by atoms with E-state index in [0.29, 0.717) is 16.2 Å². The standard InChI is InChI=1S/C29H27FN4O2S/c1-17-15-20(12-13-23(17)30)34-27(26(32-29(34)37)24-10-7-8-14-31-24)22-16-18(2)33(19(22)3)25-11-6-5-9-21(25)28(35)36-4/h5-16,26-27H,1-4H3,(H,32,37)/t26-,27-/m1/s1. The Labute approximate surface area is 220 Å². The number of nitrogens with zero attached hydrogens (tertiary/aromatic N) is 3. The minimum atomic E-state index is -0.400. The average molecular weight is 515 g/mol. The van der Waals surface area contributed by atoms with E-state index in [9.17, 15) is 9.18 Å². The van der Waals surface area contributed by atoms with E-state index in [1.54, 1.807) is 25.3 Å². The van der Waals surface area contributed by atoms with Gasteiger partial charge in [-0.2, -0.15) is 0 Å². The van der Waals surface area contributed by atoms with Crippen molar-refractivity contribution in [2.45, 2.75) is 32.9 Å². The number of carbonyl (C=O) groups excluding carboxylic acids is 1. The lowest BCUT2D eigenvalue weighted by Gasteiger charge is -2.28. The SMILES string of the molecule is COC(=O)c1ccccc1-n1c(C)cc([C@@H]2[C@@H](c3ccccn3)NC(=S)N2c2ccc(F)c(C)c2)c1C. The molecule has 0 spiro atoms. The minimum absolute atomic E-state index is 0.246. The predicted octanol–water partition coefficient (Wildman–Crippen LogP) is 5.90. The highest BCUT2D eigenvalue weighted by Gasteiger charge is 2.42. The molecule has 0 unspecified atom stereocenters. The average Bonchev–Trinajstić information content (AvgIpc) is 3.40. The molecule has 1 aliphatic heterocycles. The molecule has 0 saturated carbocycles. The van der Waals surface area contributed by atoms with Gasteiger partial charge in [0.05, 0.1) is 36.1 Å². The molecule has 2 aromatic heterocycles. The summed E-state index contributed by atoms with van der Waals surface area (Å²) in [4.78, 5) is 19.2. The smallest absolute Gasteiger partial charge is 0.339 e. The number of aryl methyl sites for hydroxylation is 2. The van der Waals surface area contributed by atoms with E-state index in [0.717, 1.165) is 34.0 Å². The number of aromatic nitrogens is 2. The fraction of sp³-hybridized carbons (Fsp3) is 0.207. The Morgan fingerprint density at radius 3 is 2.51 bits per heavy atom. The summed E-state index contributed by atoms with van der Waals surface area (Å²) >= 11 is 5.83. The lowest BCUT2D eigenvalue weighted by molar-refractivity contribution is 0.0600. The molecule has 2 aromatic carbocycles. The normalized spacial score (nSPS) is 17.1. The summed E-state index contributed by atoms with van der Waals surface area (Å²) in [6.45, 7) is 5.78. The van der Waals surface area contributed by atoms with Gasteiger partial charge < -0.3 is 19.5 Å². The molecule has 188 valence electrons. The molecule has 2 atom stereocenters. The second kappa shape index (κ2) is 9.78. The molecular weight excluding hydrogens is 487 g/mol. The highest BCUT2D eigenvalue weighted by Crippen LogP contribution is 2.44. The zero-order chi connectivity index (χ0) is 26.3. The van der Waals surface area contributed by atoms with Gasteiger partial charge in [-0.3, -0.25) is 4.98 Å². The molecular formula is C29H27FN4O2S. The van der Waals surface area contributed by atoms with Gasteiger partial charge in [0, 0.05) is 23.3 Å². The van der Waals surface area contributed by atoms with Crippen LogP contribution in [0.3, 0.4) is 0 Å². The van der Waals surface area contributed by atoms with E-state index >= 15 is 0 Å². The molecule has 0 radical (unpaired) electrons. The summed E-state index contributed by atoms with van der Waals surface area (Å²) in [6.07, 6.45) is 1.76. The van der Waals surface area contributed by atoms with Crippen molar-refractivity contribution in [1.29, 1.82) is 0 Å². The molecule has 0 amide bonds. The summed E-state index contributed by atoms with van der Waals surface area (Å²) in [6, 6.07) is 19.8. The summed E-state index contributed by atoms with van der Waals surface area (Å²) in [5.41, 5.74) is 6.32. The van der Waals surface area contributed by atoms with Crippen molar-refractivity contribution in [2.75, 3.05) is 12.0 Å². The van der Waals surface area contributed by atoms with Crippen molar-refractivity contribution in [2.24, 2.45) is 0 Å². The van der Waals surface area contributed by atoms with Gasteiger partial charge in [0.2, 0.25) is 0 Å². The van der Waals surface area contributed by atoms with Crippen LogP contribution in [0.4, 0.5) is 10.1 Å². The van der Waals surface area contributed by atoms with Crippen LogP contribution in [-0.4, -0.2) is 27.7 Å². The Hall–Kier alpha value is -4.04. The molecule has 1 N–H and O–H groups in total. The van der Waals surface area contributed by atoms with Crippen LogP contribution < -0.4 is 10.2 Å². The zero-order valence-corrected chi connectivity index (χ0v) is 21.8. The van der Waals surface area contributed by atoms with Gasteiger partial charge in [-0.05, 0) is 92.6 Å². The molecule has 0 bridgehead atoms. The first-order valence-corrected chi connectivity index (χ1v) is 12.4. The van der Waals surface area contributed by atoms with Gasteiger partial charge in [-0.25, -0.2) is 9.18 Å². The molecule has 1 aliphatic rings. The molecule has 8 heteroatoms. The van der Waals surface area contributed by atoms with Crippen molar-refractivity contribution < 1.29 is 13.9 Å². The highest BCUT2D eigenvalue weighted by atomic mass is 32.1. The Morgan fingerprint density at radius 1 is 1.05 bits per heavy atom. The van der Waals surface area contributed by atoms with Gasteiger partial charge in [0.1, 0.15) is 5.82 Å². The minimum Gasteiger partial charge on any atom is -0.465 e. The maximum absolute atomic E-state index is 14.2. The van der Waals surface area contributed by atoms with E-state index in [2.05, 4.69) is 20.9 Å². The first-order chi connectivity index (χ1) is 17.8. The van der Waals surface area contributed by atoms with Gasteiger partial charge in [0.15, 0.2) is 5.11 Å². The van der Waals surface area contributed by atoms with E-state index in [-0.39, 0.29) is 17.9 Å². The van der Waals surface area contributed by atoms with Crippen molar-refractivity contribution in [3.63, 3.8) is 0 Å². The molecule has 1 fully saturated rings. The van der Waals surface area contributed by atoms with Gasteiger partial charge in [-0.15, -0.1) is 0 Å². The quantitative estimate of drug-likeness (QED) is 0.264. The Kier molecular flexibility index (Phi) is 6.52. The Morgan fingerprint density at radius 2 is 1.81 bits per heavy atom. The molecule has 1 saturated heterocycles. The third-order valence-electron chi connectivity index (χ3n) is 6.86. The fourth-order valence-corrected chi connectivity index (χ4v) is 5.48. The molecule has 5 rings (SSSR count). The second-order valence-electron chi connectivity index (χ2n) is 9.10. The first kappa shape index (κ1) is 24.6. The van der Waals surface area contributed by atoms with E-state index < -0.39 is 5.97 Å². The second-order valence-corrected chi connectivity index (χ2v) is 9.49. The Balaban J connectivity index is 1.70. The number of thiocarbonyl (C=S) groups is 1. The van der Waals surface area contributed by atoms with E-state index in [1.165, 1.54) is 13.2 Å². The van der Waals surface area contributed by atoms with E-state index in [4.69, 9.17) is 17.0 Å². The van der Waals surface area contributed by atoms with Gasteiger partial charge >= 0.3 is 5.97 Å². The Bertz CT molecular complexity index is 1500. The largest absolute Gasteiger partial charge is 0.465 e. The number of halogens is 1. The number of rotatable bonds is 5. The number of carbonyl (C=O) groups is 1. The number of esters is 1. The molecule has 3 heterocycles. The highest BCUT2D eigenvalue weighted by molar-refractivity contribution is 7.80. The number of pyridine rings is 1. The zero-order valence-electron chi connectivity index (χ0n) is 21.0. The maximum atomic E-state index is 14.2. The fourth-order valence-electron chi connectivity index (χ4n) is 5.14. The number of methoxy groups -OCH3 is 1. The molecule has 4 aromatic rings. The van der Waals surface area contributed by atoms with Gasteiger partial charge in [-0.1, -0.05) is 18.2 Å². The van der Waals surface area contributed by atoms with Crippen LogP contribution in [0.15, 0.2) is 72.9 Å². The number of nitrogens with one attached hydrogen (secondary N) is 1. The monoisotopic (exact) mass is 514 g/mol. The van der Waals surface area contributed by atoms with Crippen LogP contribution in [0.2, 0.25) is 0 Å². The summed E-state index contributed by atoms with van der Waals surface area (Å²) in [7, 11) is 1.38. The number of benzene rings is 2. The van der Waals surface area contributed by atoms with Crippen molar-refractivity contribution >= 4 is 29.0 Å². The van der Waals surface area contributed by atoms with Crippen LogP contribution in [0.1, 0.15) is 50.7 Å². The van der Waals surface area contributed by atoms with Gasteiger partial charge in [0.25, 0.3) is 0 Å². The van der Waals surface area contributed by atoms with Crippen molar-refractivity contribution in [3.05, 3.63) is 113 Å². The third-order valence-corrected chi connectivity index (χ3v) is 7.17. The number of anilines is 1. The lowest BCUT2D eigenvalue weighted by Crippen LogP contribution is -2.29. The number of para-hydroxylation sites is 1. The van der Waals surface area contributed by atoms with Crippen LogP contribution in [0.25, 0.3) is 5.69 Å². The number of ether oxygens (including phenoxy) is 1. The number of hydrogen-bond acceptors (Lipinski definition) is 4. The van der Waals surface area contributed by atoms with Crippen molar-refractivity contribution in [1.82, 2.24) is 14.9 Å². The van der Waals surface area contributed by atoms with Crippen LogP contribution in [0.5, 0.6) is 0 Å². The molecule has 37 heavy (non-hydrogen) atoms. The van der Waals surface area contributed by atoms with E-state index in [1.807, 2.05) is 61.2 Å². The van der Waals surface area contributed by atoms with Crippen LogP contribution in [0, 0.1) is 26.6 Å². The molecule has 6 nitrogen and oxygen atoms in total. The van der Waals surface area contributed by atoms with Crippen molar-refractivity contribution in [3.8, 4) is 5.69 Å². The summed E-state index contributed by atoms with van der Waals surface area (Å²) in [5, 5.41) is 3.99. The lowest BCUT2D eigenvalue weighted by atomic mass is 9.96. The summed E-state index contributed by atoms with van der Waals surface area (Å²) < 4.78 is 21.3.